The van der Waals surface area contributed by atoms with Crippen LogP contribution in [0.3, 0.4) is 0 Å². The fraction of sp³-hybridized carbons (Fsp3) is 1.00. The first-order valence-electron chi connectivity index (χ1n) is 6.10. The van der Waals surface area contributed by atoms with E-state index in [1.165, 1.54) is 38.5 Å². The van der Waals surface area contributed by atoms with Crippen molar-refractivity contribution in [3.63, 3.8) is 0 Å². The van der Waals surface area contributed by atoms with Gasteiger partial charge in [-0.25, -0.2) is 0 Å². The first kappa shape index (κ1) is 12.0. The Morgan fingerprint density at radius 3 is 2.64 bits per heavy atom. The highest BCUT2D eigenvalue weighted by molar-refractivity contribution is 4.86. The molecule has 2 heteroatoms. The molecule has 1 aliphatic rings. The second kappa shape index (κ2) is 6.41. The van der Waals surface area contributed by atoms with Gasteiger partial charge in [-0.05, 0) is 26.3 Å². The number of rotatable bonds is 7. The van der Waals surface area contributed by atoms with Gasteiger partial charge >= 0.3 is 0 Å². The fourth-order valence-electron chi connectivity index (χ4n) is 1.93. The van der Waals surface area contributed by atoms with Gasteiger partial charge in [0.05, 0.1) is 6.61 Å². The van der Waals surface area contributed by atoms with Gasteiger partial charge in [-0.15, -0.1) is 0 Å². The molecule has 0 radical (unpaired) electrons. The minimum atomic E-state index is 0.269. The van der Waals surface area contributed by atoms with Crippen LogP contribution in [0.5, 0.6) is 0 Å². The third kappa shape index (κ3) is 4.43. The summed E-state index contributed by atoms with van der Waals surface area (Å²) in [6.45, 7) is 7.51. The van der Waals surface area contributed by atoms with Crippen molar-refractivity contribution in [1.82, 2.24) is 5.32 Å². The average molecular weight is 199 g/mol. The van der Waals surface area contributed by atoms with Crippen LogP contribution in [-0.2, 0) is 4.74 Å². The molecule has 1 unspecified atom stereocenters. The summed E-state index contributed by atoms with van der Waals surface area (Å²) in [7, 11) is 0. The molecule has 1 rings (SSSR count). The lowest BCUT2D eigenvalue weighted by atomic mass is 10.0. The van der Waals surface area contributed by atoms with Crippen LogP contribution in [0.15, 0.2) is 0 Å². The third-order valence-corrected chi connectivity index (χ3v) is 3.05. The van der Waals surface area contributed by atoms with E-state index in [0.29, 0.717) is 0 Å². The van der Waals surface area contributed by atoms with Crippen LogP contribution in [0.1, 0.15) is 52.4 Å². The average Bonchev–Trinajstić information content (AvgIpc) is 2.59. The molecular weight excluding hydrogens is 174 g/mol. The minimum absolute atomic E-state index is 0.269. The predicted molar refractivity (Wildman–Crippen MR) is 60.6 cm³/mol. The Labute approximate surface area is 88.4 Å². The summed E-state index contributed by atoms with van der Waals surface area (Å²) in [4.78, 5) is 0. The van der Waals surface area contributed by atoms with Crippen molar-refractivity contribution in [3.8, 4) is 0 Å². The highest BCUT2D eigenvalue weighted by Gasteiger charge is 2.28. The number of hydrogen-bond donors (Lipinski definition) is 1. The largest absolute Gasteiger partial charge is 0.379 e. The van der Waals surface area contributed by atoms with Crippen LogP contribution in [0.2, 0.25) is 0 Å². The number of hydrogen-bond acceptors (Lipinski definition) is 2. The van der Waals surface area contributed by atoms with E-state index < -0.39 is 0 Å². The topological polar surface area (TPSA) is 21.3 Å². The Kier molecular flexibility index (Phi) is 5.49. The summed E-state index contributed by atoms with van der Waals surface area (Å²) in [6.07, 6.45) is 7.97. The maximum absolute atomic E-state index is 5.39. The molecule has 0 bridgehead atoms. The van der Waals surface area contributed by atoms with Gasteiger partial charge in [-0.2, -0.15) is 0 Å². The smallest absolute Gasteiger partial charge is 0.0646 e. The Bertz CT molecular complexity index is 141. The van der Waals surface area contributed by atoms with Gasteiger partial charge in [-0.1, -0.05) is 32.6 Å². The third-order valence-electron chi connectivity index (χ3n) is 3.05. The molecule has 0 aromatic heterocycles. The first-order chi connectivity index (χ1) is 6.77. The van der Waals surface area contributed by atoms with Crippen molar-refractivity contribution >= 4 is 0 Å². The van der Waals surface area contributed by atoms with Crippen molar-refractivity contribution in [2.45, 2.75) is 57.9 Å². The molecule has 0 amide bonds. The molecule has 0 aromatic rings. The zero-order valence-electron chi connectivity index (χ0n) is 9.77. The highest BCUT2D eigenvalue weighted by Crippen LogP contribution is 2.17. The molecule has 0 spiro atoms. The summed E-state index contributed by atoms with van der Waals surface area (Å²) in [5.41, 5.74) is 0.269. The van der Waals surface area contributed by atoms with E-state index in [1.54, 1.807) is 0 Å². The molecule has 1 atom stereocenters. The predicted octanol–water partition coefficient (Wildman–Crippen LogP) is 2.73. The molecule has 1 aliphatic heterocycles. The summed E-state index contributed by atoms with van der Waals surface area (Å²) in [6, 6.07) is 0. The number of ether oxygens (including phenoxy) is 1. The van der Waals surface area contributed by atoms with Gasteiger partial charge in [0.15, 0.2) is 0 Å². The van der Waals surface area contributed by atoms with Crippen LogP contribution >= 0.6 is 0 Å². The Balaban J connectivity index is 1.92. The van der Waals surface area contributed by atoms with Gasteiger partial charge < -0.3 is 10.1 Å². The van der Waals surface area contributed by atoms with Gasteiger partial charge in [-0.3, -0.25) is 0 Å². The van der Waals surface area contributed by atoms with Gasteiger partial charge in [0, 0.05) is 12.1 Å². The summed E-state index contributed by atoms with van der Waals surface area (Å²) in [5, 5.41) is 3.61. The first-order valence-corrected chi connectivity index (χ1v) is 6.10. The Morgan fingerprint density at radius 2 is 2.00 bits per heavy atom. The lowest BCUT2D eigenvalue weighted by Gasteiger charge is -2.23. The standard InChI is InChI=1S/C12H25NO/c1-3-4-5-6-7-9-13-12(2)8-10-14-11-12/h13H,3-11H2,1-2H3. The molecule has 0 saturated carbocycles. The van der Waals surface area contributed by atoms with Crippen molar-refractivity contribution in [2.75, 3.05) is 19.8 Å². The normalized spacial score (nSPS) is 27.0. The monoisotopic (exact) mass is 199 g/mol. The van der Waals surface area contributed by atoms with Crippen molar-refractivity contribution in [3.05, 3.63) is 0 Å². The van der Waals surface area contributed by atoms with Crippen LogP contribution < -0.4 is 5.32 Å². The molecule has 84 valence electrons. The Morgan fingerprint density at radius 1 is 1.21 bits per heavy atom. The highest BCUT2D eigenvalue weighted by atomic mass is 16.5. The zero-order chi connectivity index (χ0) is 10.3. The summed E-state index contributed by atoms with van der Waals surface area (Å²) in [5.74, 6) is 0. The molecule has 1 fully saturated rings. The molecule has 1 saturated heterocycles. The second-order valence-electron chi connectivity index (χ2n) is 4.70. The Hall–Kier alpha value is -0.0800. The zero-order valence-corrected chi connectivity index (χ0v) is 9.77. The lowest BCUT2D eigenvalue weighted by Crippen LogP contribution is -2.43. The second-order valence-corrected chi connectivity index (χ2v) is 4.70. The van der Waals surface area contributed by atoms with Gasteiger partial charge in [0.1, 0.15) is 0 Å². The van der Waals surface area contributed by atoms with E-state index in [0.717, 1.165) is 19.8 Å². The van der Waals surface area contributed by atoms with E-state index in [-0.39, 0.29) is 5.54 Å². The van der Waals surface area contributed by atoms with Gasteiger partial charge in [0.25, 0.3) is 0 Å². The van der Waals surface area contributed by atoms with Crippen molar-refractivity contribution in [1.29, 1.82) is 0 Å². The van der Waals surface area contributed by atoms with E-state index in [1.807, 2.05) is 0 Å². The van der Waals surface area contributed by atoms with E-state index in [9.17, 15) is 0 Å². The van der Waals surface area contributed by atoms with E-state index >= 15 is 0 Å². The van der Waals surface area contributed by atoms with Gasteiger partial charge in [0.2, 0.25) is 0 Å². The van der Waals surface area contributed by atoms with Crippen LogP contribution in [0, 0.1) is 0 Å². The molecule has 0 aliphatic carbocycles. The van der Waals surface area contributed by atoms with Crippen LogP contribution in [0.25, 0.3) is 0 Å². The number of unbranched alkanes of at least 4 members (excludes halogenated alkanes) is 4. The van der Waals surface area contributed by atoms with E-state index in [4.69, 9.17) is 4.74 Å². The quantitative estimate of drug-likeness (QED) is 0.637. The summed E-state index contributed by atoms with van der Waals surface area (Å²) < 4.78 is 5.39. The van der Waals surface area contributed by atoms with Crippen molar-refractivity contribution in [2.24, 2.45) is 0 Å². The van der Waals surface area contributed by atoms with Crippen LogP contribution in [0.4, 0.5) is 0 Å². The molecular formula is C12H25NO. The summed E-state index contributed by atoms with van der Waals surface area (Å²) >= 11 is 0. The maximum atomic E-state index is 5.39. The lowest BCUT2D eigenvalue weighted by molar-refractivity contribution is 0.171. The molecule has 14 heavy (non-hydrogen) atoms. The maximum Gasteiger partial charge on any atom is 0.0646 e. The minimum Gasteiger partial charge on any atom is -0.379 e. The SMILES string of the molecule is CCCCCCCNC1(C)CCOC1. The van der Waals surface area contributed by atoms with E-state index in [2.05, 4.69) is 19.2 Å². The van der Waals surface area contributed by atoms with Crippen LogP contribution in [-0.4, -0.2) is 25.3 Å². The van der Waals surface area contributed by atoms with Crippen molar-refractivity contribution < 1.29 is 4.74 Å². The fourth-order valence-corrected chi connectivity index (χ4v) is 1.93. The molecule has 0 aromatic carbocycles. The number of nitrogens with one attached hydrogen (secondary N) is 1. The molecule has 1 heterocycles. The molecule has 2 nitrogen and oxygen atoms in total. The molecule has 1 N–H and O–H groups in total.